The summed E-state index contributed by atoms with van der Waals surface area (Å²) in [5.74, 6) is 0.186. The van der Waals surface area contributed by atoms with Gasteiger partial charge in [0.25, 0.3) is 0 Å². The molecule has 0 aliphatic carbocycles. The second-order valence-corrected chi connectivity index (χ2v) is 8.40. The molecule has 7 nitrogen and oxygen atoms in total. The van der Waals surface area contributed by atoms with Crippen LogP contribution in [0.15, 0.2) is 71.7 Å². The maximum absolute atomic E-state index is 13.6. The molecule has 1 saturated heterocycles. The van der Waals surface area contributed by atoms with E-state index in [4.69, 9.17) is 14.2 Å². The zero-order chi connectivity index (χ0) is 23.8. The Bertz CT molecular complexity index is 1090. The molecular formula is C27H31NO6. The van der Waals surface area contributed by atoms with Gasteiger partial charge in [-0.3, -0.25) is 4.79 Å². The molecule has 0 saturated carbocycles. The van der Waals surface area contributed by atoms with Gasteiger partial charge in [0, 0.05) is 23.9 Å². The smallest absolute Gasteiger partial charge is 0.229 e. The molecule has 1 aromatic heterocycles. The number of benzene rings is 2. The molecular weight excluding hydrogens is 434 g/mol. The Morgan fingerprint density at radius 3 is 2.44 bits per heavy atom. The normalized spacial score (nSPS) is 16.8. The van der Waals surface area contributed by atoms with Crippen LogP contribution in [0.2, 0.25) is 0 Å². The van der Waals surface area contributed by atoms with Crippen molar-refractivity contribution < 1.29 is 24.4 Å². The van der Waals surface area contributed by atoms with Crippen molar-refractivity contribution in [3.63, 3.8) is 0 Å². The monoisotopic (exact) mass is 465 g/mol. The first-order valence-electron chi connectivity index (χ1n) is 11.7. The summed E-state index contributed by atoms with van der Waals surface area (Å²) in [5, 5.41) is 19.7. The number of rotatable bonds is 10. The van der Waals surface area contributed by atoms with Crippen molar-refractivity contribution >= 4 is 0 Å². The second kappa shape index (κ2) is 11.9. The molecule has 2 N–H and O–H groups in total. The Labute approximate surface area is 199 Å². The van der Waals surface area contributed by atoms with Crippen LogP contribution in [-0.4, -0.2) is 40.4 Å². The van der Waals surface area contributed by atoms with Crippen LogP contribution >= 0.6 is 0 Å². The van der Waals surface area contributed by atoms with Crippen molar-refractivity contribution in [2.24, 2.45) is 0 Å². The Balaban J connectivity index is 1.74. The van der Waals surface area contributed by atoms with Crippen molar-refractivity contribution in [1.82, 2.24) is 4.57 Å². The van der Waals surface area contributed by atoms with Gasteiger partial charge in [-0.2, -0.15) is 0 Å². The van der Waals surface area contributed by atoms with Crippen molar-refractivity contribution in [2.45, 2.75) is 51.4 Å². The quantitative estimate of drug-likeness (QED) is 0.476. The molecule has 3 aromatic rings. The lowest BCUT2D eigenvalue weighted by Gasteiger charge is -2.24. The topological polar surface area (TPSA) is 90.2 Å². The van der Waals surface area contributed by atoms with Crippen molar-refractivity contribution in [3.05, 3.63) is 88.2 Å². The number of aliphatic hydroxyl groups is 2. The molecule has 180 valence electrons. The highest BCUT2D eigenvalue weighted by Gasteiger charge is 2.22. The first-order valence-corrected chi connectivity index (χ1v) is 11.7. The highest BCUT2D eigenvalue weighted by molar-refractivity contribution is 5.67. The molecule has 0 amide bonds. The molecule has 0 bridgehead atoms. The average molecular weight is 466 g/mol. The van der Waals surface area contributed by atoms with Gasteiger partial charge in [0.15, 0.2) is 12.0 Å². The maximum atomic E-state index is 13.6. The first-order chi connectivity index (χ1) is 16.7. The van der Waals surface area contributed by atoms with Crippen LogP contribution in [0.1, 0.15) is 30.4 Å². The molecule has 2 aromatic carbocycles. The minimum Gasteiger partial charge on any atom is -0.483 e. The van der Waals surface area contributed by atoms with Gasteiger partial charge < -0.3 is 29.0 Å². The summed E-state index contributed by atoms with van der Waals surface area (Å²) in [6.45, 7) is 0.623. The minimum absolute atomic E-state index is 0.0650. The summed E-state index contributed by atoms with van der Waals surface area (Å²) in [6, 6.07) is 19.1. The number of ether oxygens (including phenoxy) is 3. The van der Waals surface area contributed by atoms with Crippen molar-refractivity contribution in [3.8, 4) is 17.0 Å². The van der Waals surface area contributed by atoms with Gasteiger partial charge in [-0.15, -0.1) is 0 Å². The Hall–Kier alpha value is -2.97. The van der Waals surface area contributed by atoms with Gasteiger partial charge in [0.2, 0.25) is 5.43 Å². The number of hydrogen-bond acceptors (Lipinski definition) is 6. The van der Waals surface area contributed by atoms with Crippen LogP contribution in [0.5, 0.6) is 5.75 Å². The summed E-state index contributed by atoms with van der Waals surface area (Å²) < 4.78 is 19.4. The Morgan fingerprint density at radius 1 is 1.03 bits per heavy atom. The van der Waals surface area contributed by atoms with E-state index in [1.807, 2.05) is 60.7 Å². The molecule has 0 radical (unpaired) electrons. The first kappa shape index (κ1) is 24.2. The molecule has 4 rings (SSSR count). The number of nitrogens with zero attached hydrogens (tertiary/aromatic N) is 1. The fraction of sp³-hybridized carbons (Fsp3) is 0.370. The van der Waals surface area contributed by atoms with Crippen LogP contribution < -0.4 is 10.2 Å². The predicted molar refractivity (Wildman–Crippen MR) is 128 cm³/mol. The average Bonchev–Trinajstić information content (AvgIpc) is 2.89. The number of pyridine rings is 1. The summed E-state index contributed by atoms with van der Waals surface area (Å²) in [7, 11) is 0. The van der Waals surface area contributed by atoms with Gasteiger partial charge in [0.1, 0.15) is 6.61 Å². The van der Waals surface area contributed by atoms with Crippen LogP contribution in [0.4, 0.5) is 0 Å². The summed E-state index contributed by atoms with van der Waals surface area (Å²) in [6.07, 6.45) is 3.17. The SMILES string of the molecule is O=c1c(COC2CCCCO2)cn(CC(O)CO)c(-c2ccccc2)c1OCc1ccccc1. The molecule has 1 aliphatic heterocycles. The standard InChI is InChI=1S/C27H31NO6/c29-17-23(30)16-28-15-22(19-33-24-13-7-8-14-32-24)26(31)27(25(28)21-11-5-2-6-12-21)34-18-20-9-3-1-4-10-20/h1-6,9-12,15,23-24,29-30H,7-8,13-14,16-19H2. The zero-order valence-electron chi connectivity index (χ0n) is 19.1. The number of aliphatic hydroxyl groups excluding tert-OH is 2. The van der Waals surface area contributed by atoms with Crippen LogP contribution in [0.25, 0.3) is 11.3 Å². The minimum atomic E-state index is -0.998. The molecule has 2 heterocycles. The third-order valence-electron chi connectivity index (χ3n) is 5.77. The van der Waals surface area contributed by atoms with E-state index >= 15 is 0 Å². The number of hydrogen-bond donors (Lipinski definition) is 2. The van der Waals surface area contributed by atoms with Gasteiger partial charge in [-0.25, -0.2) is 0 Å². The fourth-order valence-corrected chi connectivity index (χ4v) is 4.01. The van der Waals surface area contributed by atoms with Crippen LogP contribution in [0.3, 0.4) is 0 Å². The van der Waals surface area contributed by atoms with E-state index in [1.165, 1.54) is 0 Å². The maximum Gasteiger partial charge on any atom is 0.229 e. The fourth-order valence-electron chi connectivity index (χ4n) is 4.01. The largest absolute Gasteiger partial charge is 0.483 e. The van der Waals surface area contributed by atoms with Gasteiger partial charge in [-0.05, 0) is 24.8 Å². The summed E-state index contributed by atoms with van der Waals surface area (Å²) >= 11 is 0. The highest BCUT2D eigenvalue weighted by atomic mass is 16.7. The lowest BCUT2D eigenvalue weighted by molar-refractivity contribution is -0.169. The Morgan fingerprint density at radius 2 is 1.76 bits per heavy atom. The van der Waals surface area contributed by atoms with E-state index in [0.29, 0.717) is 17.9 Å². The van der Waals surface area contributed by atoms with E-state index in [9.17, 15) is 15.0 Å². The van der Waals surface area contributed by atoms with Crippen molar-refractivity contribution in [1.29, 1.82) is 0 Å². The van der Waals surface area contributed by atoms with Crippen molar-refractivity contribution in [2.75, 3.05) is 13.2 Å². The van der Waals surface area contributed by atoms with Gasteiger partial charge in [-0.1, -0.05) is 60.7 Å². The van der Waals surface area contributed by atoms with E-state index in [-0.39, 0.29) is 37.2 Å². The highest BCUT2D eigenvalue weighted by Crippen LogP contribution is 2.29. The lowest BCUT2D eigenvalue weighted by Crippen LogP contribution is -2.27. The molecule has 2 unspecified atom stereocenters. The molecule has 1 aliphatic rings. The third-order valence-corrected chi connectivity index (χ3v) is 5.77. The van der Waals surface area contributed by atoms with Gasteiger partial charge in [0.05, 0.1) is 31.6 Å². The number of aromatic nitrogens is 1. The molecule has 2 atom stereocenters. The third kappa shape index (κ3) is 6.12. The van der Waals surface area contributed by atoms with E-state index in [1.54, 1.807) is 10.8 Å². The molecule has 0 spiro atoms. The Kier molecular flexibility index (Phi) is 8.49. The molecule has 7 heteroatoms. The van der Waals surface area contributed by atoms with E-state index in [2.05, 4.69) is 0 Å². The molecule has 1 fully saturated rings. The second-order valence-electron chi connectivity index (χ2n) is 8.40. The van der Waals surface area contributed by atoms with E-state index < -0.39 is 12.7 Å². The predicted octanol–water partition coefficient (Wildman–Crippen LogP) is 3.49. The van der Waals surface area contributed by atoms with Crippen LogP contribution in [0, 0.1) is 0 Å². The lowest BCUT2D eigenvalue weighted by atomic mass is 10.1. The van der Waals surface area contributed by atoms with Crippen LogP contribution in [-0.2, 0) is 29.2 Å². The molecule has 34 heavy (non-hydrogen) atoms. The zero-order valence-corrected chi connectivity index (χ0v) is 19.1. The van der Waals surface area contributed by atoms with E-state index in [0.717, 1.165) is 30.4 Å². The van der Waals surface area contributed by atoms with Gasteiger partial charge >= 0.3 is 0 Å². The summed E-state index contributed by atoms with van der Waals surface area (Å²) in [5.41, 5.74) is 2.39. The summed E-state index contributed by atoms with van der Waals surface area (Å²) in [4.78, 5) is 13.6.